The highest BCUT2D eigenvalue weighted by atomic mass is 32.2. The molecule has 1 unspecified atom stereocenters. The van der Waals surface area contributed by atoms with Crippen LogP contribution < -0.4 is 11.1 Å². The second kappa shape index (κ2) is 5.23. The molecule has 0 spiro atoms. The van der Waals surface area contributed by atoms with Gasteiger partial charge in [-0.2, -0.15) is 11.8 Å². The number of nitrogens with one attached hydrogen (secondary N) is 1. The number of piperidine rings is 1. The first-order valence-corrected chi connectivity index (χ1v) is 6.19. The molecule has 1 rings (SSSR count). The molecule has 78 valence electrons. The molecule has 0 amide bonds. The SMILES string of the molecule is CCC(C)SC1(CN)CCNCC1. The maximum Gasteiger partial charge on any atom is 0.0309 e. The molecule has 0 bridgehead atoms. The van der Waals surface area contributed by atoms with Crippen LogP contribution in [0.25, 0.3) is 0 Å². The third kappa shape index (κ3) is 3.15. The average Bonchev–Trinajstić information content (AvgIpc) is 2.19. The summed E-state index contributed by atoms with van der Waals surface area (Å²) in [5.41, 5.74) is 5.89. The highest BCUT2D eigenvalue weighted by Gasteiger charge is 2.32. The number of hydrogen-bond acceptors (Lipinski definition) is 3. The second-order valence-corrected chi connectivity index (χ2v) is 5.88. The molecular weight excluding hydrogens is 180 g/mol. The Bertz CT molecular complexity index is 144. The van der Waals surface area contributed by atoms with E-state index in [0.29, 0.717) is 4.75 Å². The fourth-order valence-corrected chi connectivity index (χ4v) is 3.32. The summed E-state index contributed by atoms with van der Waals surface area (Å²) in [6.45, 7) is 7.68. The van der Waals surface area contributed by atoms with Crippen LogP contribution in [0.1, 0.15) is 33.1 Å². The van der Waals surface area contributed by atoms with Gasteiger partial charge < -0.3 is 11.1 Å². The van der Waals surface area contributed by atoms with Crippen molar-refractivity contribution in [3.63, 3.8) is 0 Å². The predicted molar refractivity (Wildman–Crippen MR) is 61.2 cm³/mol. The van der Waals surface area contributed by atoms with Crippen molar-refractivity contribution in [3.8, 4) is 0 Å². The molecule has 1 heterocycles. The van der Waals surface area contributed by atoms with Crippen molar-refractivity contribution in [1.82, 2.24) is 5.32 Å². The quantitative estimate of drug-likeness (QED) is 0.727. The minimum Gasteiger partial charge on any atom is -0.329 e. The molecule has 1 saturated heterocycles. The van der Waals surface area contributed by atoms with E-state index in [1.165, 1.54) is 19.3 Å². The van der Waals surface area contributed by atoms with E-state index in [9.17, 15) is 0 Å². The van der Waals surface area contributed by atoms with Gasteiger partial charge in [0.2, 0.25) is 0 Å². The highest BCUT2D eigenvalue weighted by Crippen LogP contribution is 2.37. The minimum absolute atomic E-state index is 0.376. The zero-order valence-corrected chi connectivity index (χ0v) is 9.62. The van der Waals surface area contributed by atoms with Crippen LogP contribution in [0.2, 0.25) is 0 Å². The van der Waals surface area contributed by atoms with Crippen LogP contribution in [0, 0.1) is 0 Å². The van der Waals surface area contributed by atoms with Gasteiger partial charge >= 0.3 is 0 Å². The van der Waals surface area contributed by atoms with Crippen LogP contribution in [-0.4, -0.2) is 29.6 Å². The van der Waals surface area contributed by atoms with E-state index in [0.717, 1.165) is 24.9 Å². The molecule has 1 fully saturated rings. The molecule has 1 atom stereocenters. The normalized spacial score (nSPS) is 24.2. The molecule has 0 aromatic carbocycles. The Kier molecular flexibility index (Phi) is 4.56. The maximum atomic E-state index is 5.89. The highest BCUT2D eigenvalue weighted by molar-refractivity contribution is 8.01. The van der Waals surface area contributed by atoms with E-state index in [-0.39, 0.29) is 0 Å². The van der Waals surface area contributed by atoms with Crippen LogP contribution in [0.15, 0.2) is 0 Å². The zero-order valence-electron chi connectivity index (χ0n) is 8.81. The first kappa shape index (κ1) is 11.3. The molecule has 13 heavy (non-hydrogen) atoms. The molecule has 0 radical (unpaired) electrons. The summed E-state index contributed by atoms with van der Waals surface area (Å²) in [5.74, 6) is 0. The Morgan fingerprint density at radius 2 is 2.08 bits per heavy atom. The third-order valence-corrected chi connectivity index (χ3v) is 4.72. The molecule has 3 N–H and O–H groups in total. The fourth-order valence-electron chi connectivity index (χ4n) is 1.76. The molecular formula is C10H22N2S. The van der Waals surface area contributed by atoms with Crippen molar-refractivity contribution >= 4 is 11.8 Å². The lowest BCUT2D eigenvalue weighted by atomic mass is 9.97. The van der Waals surface area contributed by atoms with E-state index in [2.05, 4.69) is 30.9 Å². The van der Waals surface area contributed by atoms with Gasteiger partial charge in [0.1, 0.15) is 0 Å². The van der Waals surface area contributed by atoms with Crippen molar-refractivity contribution in [2.75, 3.05) is 19.6 Å². The molecule has 0 aliphatic carbocycles. The van der Waals surface area contributed by atoms with E-state index < -0.39 is 0 Å². The van der Waals surface area contributed by atoms with E-state index in [1.54, 1.807) is 0 Å². The van der Waals surface area contributed by atoms with Gasteiger partial charge in [0.25, 0.3) is 0 Å². The smallest absolute Gasteiger partial charge is 0.0309 e. The van der Waals surface area contributed by atoms with Crippen molar-refractivity contribution in [2.45, 2.75) is 43.1 Å². The van der Waals surface area contributed by atoms with Gasteiger partial charge in [0.05, 0.1) is 0 Å². The number of rotatable bonds is 4. The van der Waals surface area contributed by atoms with Gasteiger partial charge in [-0.05, 0) is 32.4 Å². The van der Waals surface area contributed by atoms with Crippen LogP contribution in [0.5, 0.6) is 0 Å². The Morgan fingerprint density at radius 1 is 1.46 bits per heavy atom. The average molecular weight is 202 g/mol. The minimum atomic E-state index is 0.376. The summed E-state index contributed by atoms with van der Waals surface area (Å²) < 4.78 is 0.376. The van der Waals surface area contributed by atoms with Gasteiger partial charge in [0.15, 0.2) is 0 Å². The summed E-state index contributed by atoms with van der Waals surface area (Å²) in [6, 6.07) is 0. The van der Waals surface area contributed by atoms with E-state index in [1.807, 2.05) is 0 Å². The van der Waals surface area contributed by atoms with Crippen LogP contribution in [0.3, 0.4) is 0 Å². The second-order valence-electron chi connectivity index (χ2n) is 3.97. The van der Waals surface area contributed by atoms with Crippen molar-refractivity contribution in [2.24, 2.45) is 5.73 Å². The van der Waals surface area contributed by atoms with Gasteiger partial charge in [0, 0.05) is 16.5 Å². The van der Waals surface area contributed by atoms with Crippen molar-refractivity contribution in [3.05, 3.63) is 0 Å². The predicted octanol–water partition coefficient (Wildman–Crippen LogP) is 1.60. The largest absolute Gasteiger partial charge is 0.329 e. The summed E-state index contributed by atoms with van der Waals surface area (Å²) in [5, 5.41) is 4.15. The topological polar surface area (TPSA) is 38.0 Å². The summed E-state index contributed by atoms with van der Waals surface area (Å²) in [6.07, 6.45) is 3.72. The standard InChI is InChI=1S/C10H22N2S/c1-3-9(2)13-10(8-11)4-6-12-7-5-10/h9,12H,3-8,11H2,1-2H3. The first-order chi connectivity index (χ1) is 6.22. The van der Waals surface area contributed by atoms with Crippen molar-refractivity contribution in [1.29, 1.82) is 0 Å². The van der Waals surface area contributed by atoms with Gasteiger partial charge in [-0.1, -0.05) is 13.8 Å². The third-order valence-electron chi connectivity index (χ3n) is 2.91. The van der Waals surface area contributed by atoms with E-state index in [4.69, 9.17) is 5.73 Å². The number of nitrogens with two attached hydrogens (primary N) is 1. The number of thioether (sulfide) groups is 1. The molecule has 0 aromatic heterocycles. The van der Waals surface area contributed by atoms with Crippen LogP contribution in [0.4, 0.5) is 0 Å². The first-order valence-electron chi connectivity index (χ1n) is 5.31. The lowest BCUT2D eigenvalue weighted by Gasteiger charge is -2.37. The molecule has 0 aromatic rings. The molecule has 3 heteroatoms. The summed E-state index contributed by atoms with van der Waals surface area (Å²) in [7, 11) is 0. The van der Waals surface area contributed by atoms with Crippen molar-refractivity contribution < 1.29 is 0 Å². The monoisotopic (exact) mass is 202 g/mol. The van der Waals surface area contributed by atoms with E-state index >= 15 is 0 Å². The Balaban J connectivity index is 2.47. The lowest BCUT2D eigenvalue weighted by molar-refractivity contribution is 0.418. The molecule has 1 aliphatic heterocycles. The van der Waals surface area contributed by atoms with Crippen LogP contribution >= 0.6 is 11.8 Å². The molecule has 0 saturated carbocycles. The molecule has 2 nitrogen and oxygen atoms in total. The van der Waals surface area contributed by atoms with Crippen LogP contribution in [-0.2, 0) is 0 Å². The molecule has 1 aliphatic rings. The summed E-state index contributed by atoms with van der Waals surface area (Å²) >= 11 is 2.10. The van der Waals surface area contributed by atoms with Gasteiger partial charge in [-0.15, -0.1) is 0 Å². The van der Waals surface area contributed by atoms with Gasteiger partial charge in [-0.3, -0.25) is 0 Å². The lowest BCUT2D eigenvalue weighted by Crippen LogP contribution is -2.45. The Hall–Kier alpha value is 0.270. The number of hydrogen-bond donors (Lipinski definition) is 2. The Morgan fingerprint density at radius 3 is 2.54 bits per heavy atom. The fraction of sp³-hybridized carbons (Fsp3) is 1.00. The zero-order chi connectivity index (χ0) is 9.73. The summed E-state index contributed by atoms with van der Waals surface area (Å²) in [4.78, 5) is 0. The Labute approximate surface area is 86.0 Å². The van der Waals surface area contributed by atoms with Gasteiger partial charge in [-0.25, -0.2) is 0 Å². The maximum absolute atomic E-state index is 5.89.